The molecule has 0 aliphatic heterocycles. The number of rotatable bonds is 5. The van der Waals surface area contributed by atoms with Crippen LogP contribution in [0.5, 0.6) is 0 Å². The smallest absolute Gasteiger partial charge is 0.211 e. The Labute approximate surface area is 183 Å². The fourth-order valence-corrected chi connectivity index (χ4v) is 2.81. The van der Waals surface area contributed by atoms with Crippen LogP contribution in [0.15, 0.2) is 44.2 Å². The minimum atomic E-state index is -0.175. The zero-order chi connectivity index (χ0) is 21.8. The van der Waals surface area contributed by atoms with Gasteiger partial charge in [0.1, 0.15) is 11.4 Å². The van der Waals surface area contributed by atoms with E-state index in [-0.39, 0.29) is 31.5 Å². The standard InChI is InChI=1S/C9H6N2O2.C8Cl4N2O2/c12-6-10-5-8-1-3-9(4-2-8)11-7-13;9-3-4(10)7(13-1-15)6(12)8(5(3)11)14-2-16/h1-4H,5H2;. The zero-order valence-electron chi connectivity index (χ0n) is 14.0. The first-order valence-electron chi connectivity index (χ1n) is 7.13. The Bertz CT molecular complexity index is 1050. The van der Waals surface area contributed by atoms with E-state index in [0.717, 1.165) is 5.56 Å². The highest BCUT2D eigenvalue weighted by atomic mass is 35.5. The molecule has 0 bridgehead atoms. The van der Waals surface area contributed by atoms with Gasteiger partial charge in [-0.05, 0) is 17.7 Å². The molecule has 146 valence electrons. The highest BCUT2D eigenvalue weighted by Gasteiger charge is 2.20. The Morgan fingerprint density at radius 3 is 1.52 bits per heavy atom. The summed E-state index contributed by atoms with van der Waals surface area (Å²) in [5.74, 6) is 0. The third kappa shape index (κ3) is 6.90. The van der Waals surface area contributed by atoms with Gasteiger partial charge >= 0.3 is 0 Å². The second-order valence-electron chi connectivity index (χ2n) is 4.64. The Kier molecular flexibility index (Phi) is 10.5. The van der Waals surface area contributed by atoms with Gasteiger partial charge in [0.25, 0.3) is 0 Å². The van der Waals surface area contributed by atoms with Crippen LogP contribution < -0.4 is 0 Å². The maximum atomic E-state index is 10.2. The molecule has 2 aromatic rings. The van der Waals surface area contributed by atoms with Gasteiger partial charge in [-0.2, -0.15) is 15.0 Å². The Balaban J connectivity index is 0.000000296. The summed E-state index contributed by atoms with van der Waals surface area (Å²) in [6.07, 6.45) is 5.37. The summed E-state index contributed by atoms with van der Waals surface area (Å²) in [7, 11) is 0. The molecule has 0 amide bonds. The summed E-state index contributed by atoms with van der Waals surface area (Å²) >= 11 is 23.0. The molecule has 29 heavy (non-hydrogen) atoms. The van der Waals surface area contributed by atoms with Crippen molar-refractivity contribution in [2.24, 2.45) is 20.0 Å². The third-order valence-electron chi connectivity index (χ3n) is 2.97. The van der Waals surface area contributed by atoms with Crippen molar-refractivity contribution in [1.82, 2.24) is 0 Å². The van der Waals surface area contributed by atoms with E-state index >= 15 is 0 Å². The minimum absolute atomic E-state index is 0.115. The van der Waals surface area contributed by atoms with E-state index < -0.39 is 0 Å². The van der Waals surface area contributed by atoms with Crippen molar-refractivity contribution in [2.45, 2.75) is 6.54 Å². The molecule has 0 saturated heterocycles. The lowest BCUT2D eigenvalue weighted by atomic mass is 10.2. The molecule has 0 saturated carbocycles. The van der Waals surface area contributed by atoms with Crippen molar-refractivity contribution in [2.75, 3.05) is 0 Å². The lowest BCUT2D eigenvalue weighted by Crippen LogP contribution is -1.79. The fourth-order valence-electron chi connectivity index (χ4n) is 1.75. The molecule has 8 nitrogen and oxygen atoms in total. The molecule has 0 aromatic heterocycles. The first-order chi connectivity index (χ1) is 13.9. The van der Waals surface area contributed by atoms with E-state index in [4.69, 9.17) is 46.4 Å². The minimum Gasteiger partial charge on any atom is -0.211 e. The van der Waals surface area contributed by atoms with Gasteiger partial charge in [-0.1, -0.05) is 58.5 Å². The Hall–Kier alpha value is -2.88. The molecule has 12 heteroatoms. The molecule has 0 fully saturated rings. The Morgan fingerprint density at radius 1 is 0.621 bits per heavy atom. The summed E-state index contributed by atoms with van der Waals surface area (Å²) < 4.78 is 0. The third-order valence-corrected chi connectivity index (χ3v) is 4.63. The van der Waals surface area contributed by atoms with Gasteiger partial charge in [0.2, 0.25) is 24.3 Å². The molecule has 0 heterocycles. The number of carbonyl (C=O) groups excluding carboxylic acids is 4. The maximum absolute atomic E-state index is 10.2. The summed E-state index contributed by atoms with van der Waals surface area (Å²) in [5, 5.41) is -0.531. The number of aliphatic imine (C=N–C) groups is 4. The van der Waals surface area contributed by atoms with Crippen LogP contribution in [0.25, 0.3) is 0 Å². The molecule has 2 rings (SSSR count). The van der Waals surface area contributed by atoms with Crippen LogP contribution in [0.4, 0.5) is 17.1 Å². The molecule has 0 N–H and O–H groups in total. The number of hydrogen-bond donors (Lipinski definition) is 0. The second-order valence-corrected chi connectivity index (χ2v) is 6.15. The van der Waals surface area contributed by atoms with Crippen molar-refractivity contribution < 1.29 is 19.2 Å². The van der Waals surface area contributed by atoms with Crippen molar-refractivity contribution in [3.63, 3.8) is 0 Å². The van der Waals surface area contributed by atoms with Gasteiger partial charge in [-0.25, -0.2) is 24.2 Å². The largest absolute Gasteiger partial charge is 0.240 e. The predicted octanol–water partition coefficient (Wildman–Crippen LogP) is 5.72. The normalized spacial score (nSPS) is 8.83. The highest BCUT2D eigenvalue weighted by molar-refractivity contribution is 6.52. The number of hydrogen-bond acceptors (Lipinski definition) is 8. The SMILES string of the molecule is O=C=NCc1ccc(N=C=O)cc1.O=C=Nc1c(Cl)c(Cl)c(Cl)c(N=C=O)c1Cl. The van der Waals surface area contributed by atoms with Gasteiger partial charge in [0.15, 0.2) is 0 Å². The monoisotopic (exact) mass is 470 g/mol. The summed E-state index contributed by atoms with van der Waals surface area (Å²) in [4.78, 5) is 53.3. The first-order valence-corrected chi connectivity index (χ1v) is 8.64. The van der Waals surface area contributed by atoms with Crippen LogP contribution in [-0.4, -0.2) is 24.3 Å². The van der Waals surface area contributed by atoms with E-state index in [1.165, 1.54) is 24.3 Å². The van der Waals surface area contributed by atoms with Crippen LogP contribution in [0.2, 0.25) is 20.1 Å². The van der Waals surface area contributed by atoms with E-state index in [1.807, 2.05) is 0 Å². The van der Waals surface area contributed by atoms with Gasteiger partial charge in [-0.15, -0.1) is 0 Å². The van der Waals surface area contributed by atoms with Crippen molar-refractivity contribution in [3.8, 4) is 0 Å². The van der Waals surface area contributed by atoms with Crippen LogP contribution in [0.1, 0.15) is 5.56 Å². The molecular weight excluding hydrogens is 466 g/mol. The van der Waals surface area contributed by atoms with E-state index in [2.05, 4.69) is 20.0 Å². The first kappa shape index (κ1) is 24.2. The van der Waals surface area contributed by atoms with E-state index in [0.29, 0.717) is 12.2 Å². The molecule has 0 atom stereocenters. The number of nitrogens with zero attached hydrogens (tertiary/aromatic N) is 4. The van der Waals surface area contributed by atoms with Crippen LogP contribution in [0.3, 0.4) is 0 Å². The van der Waals surface area contributed by atoms with E-state index in [9.17, 15) is 19.2 Å². The van der Waals surface area contributed by atoms with E-state index in [1.54, 1.807) is 24.3 Å². The Morgan fingerprint density at radius 2 is 1.10 bits per heavy atom. The number of benzene rings is 2. The van der Waals surface area contributed by atoms with Crippen LogP contribution >= 0.6 is 46.4 Å². The number of isocyanates is 4. The molecule has 0 aliphatic rings. The summed E-state index contributed by atoms with van der Waals surface area (Å²) in [5.41, 5.74) is 1.10. The highest BCUT2D eigenvalue weighted by Crippen LogP contribution is 2.49. The lowest BCUT2D eigenvalue weighted by molar-refractivity contribution is 0.562. The molecule has 0 unspecified atom stereocenters. The molecule has 0 radical (unpaired) electrons. The van der Waals surface area contributed by atoms with Gasteiger partial charge < -0.3 is 0 Å². The average Bonchev–Trinajstić information content (AvgIpc) is 2.73. The van der Waals surface area contributed by atoms with Gasteiger partial charge in [0.05, 0.1) is 32.3 Å². The molecule has 0 spiro atoms. The van der Waals surface area contributed by atoms with Crippen molar-refractivity contribution in [3.05, 3.63) is 49.9 Å². The lowest BCUT2D eigenvalue weighted by Gasteiger charge is -2.07. The zero-order valence-corrected chi connectivity index (χ0v) is 17.0. The summed E-state index contributed by atoms with van der Waals surface area (Å²) in [6.45, 7) is 0.300. The van der Waals surface area contributed by atoms with Gasteiger partial charge in [0, 0.05) is 0 Å². The molecular formula is C17H6Cl4N4O4. The van der Waals surface area contributed by atoms with Crippen LogP contribution in [0, 0.1) is 0 Å². The van der Waals surface area contributed by atoms with Crippen molar-refractivity contribution >= 4 is 87.8 Å². The molecule has 2 aromatic carbocycles. The topological polar surface area (TPSA) is 118 Å². The molecule has 0 aliphatic carbocycles. The number of halogens is 4. The predicted molar refractivity (Wildman–Crippen MR) is 108 cm³/mol. The quantitative estimate of drug-likeness (QED) is 0.239. The maximum Gasteiger partial charge on any atom is 0.240 e. The van der Waals surface area contributed by atoms with Crippen molar-refractivity contribution in [1.29, 1.82) is 0 Å². The van der Waals surface area contributed by atoms with Crippen LogP contribution in [-0.2, 0) is 25.7 Å². The summed E-state index contributed by atoms with van der Waals surface area (Å²) in [6, 6.07) is 6.77. The van der Waals surface area contributed by atoms with Gasteiger partial charge in [-0.3, -0.25) is 0 Å². The average molecular weight is 472 g/mol. The second kappa shape index (κ2) is 12.6. The fraction of sp³-hybridized carbons (Fsp3) is 0.0588.